The van der Waals surface area contributed by atoms with Gasteiger partial charge in [0.15, 0.2) is 0 Å². The van der Waals surface area contributed by atoms with Crippen LogP contribution in [0.4, 0.5) is 0 Å². The Balaban J connectivity index is 2.16. The van der Waals surface area contributed by atoms with Gasteiger partial charge in [0.1, 0.15) is 0 Å². The van der Waals surface area contributed by atoms with Crippen molar-refractivity contribution < 1.29 is 0 Å². The molecule has 0 aromatic heterocycles. The highest BCUT2D eigenvalue weighted by atomic mass is 14.3. The highest BCUT2D eigenvalue weighted by molar-refractivity contribution is 5.21. The highest BCUT2D eigenvalue weighted by Gasteiger charge is 2.26. The number of rotatable bonds is 2. The summed E-state index contributed by atoms with van der Waals surface area (Å²) < 4.78 is 0. The largest absolute Gasteiger partial charge is 0.0651 e. The lowest BCUT2D eigenvalue weighted by Crippen LogP contribution is -2.04. The minimum Gasteiger partial charge on any atom is -0.0651 e. The maximum Gasteiger partial charge on any atom is -0.0134 e. The summed E-state index contributed by atoms with van der Waals surface area (Å²) in [6.45, 7) is 2.33. The zero-order valence-electron chi connectivity index (χ0n) is 8.37. The molecule has 0 aliphatic heterocycles. The molecule has 0 spiro atoms. The van der Waals surface area contributed by atoms with Crippen LogP contribution < -0.4 is 0 Å². The molecule has 2 unspecified atom stereocenters. The van der Waals surface area contributed by atoms with Crippen LogP contribution in [-0.2, 0) is 0 Å². The first-order chi connectivity index (χ1) is 6.42. The van der Waals surface area contributed by atoms with Crippen LogP contribution in [0, 0.1) is 5.92 Å². The zero-order valence-corrected chi connectivity index (χ0v) is 8.37. The molecule has 1 aliphatic rings. The summed E-state index contributed by atoms with van der Waals surface area (Å²) in [5, 5.41) is 0. The Kier molecular flexibility index (Phi) is 2.68. The van der Waals surface area contributed by atoms with Gasteiger partial charge in [-0.3, -0.25) is 0 Å². The van der Waals surface area contributed by atoms with Crippen molar-refractivity contribution in [2.75, 3.05) is 0 Å². The van der Waals surface area contributed by atoms with Gasteiger partial charge in [0.05, 0.1) is 0 Å². The van der Waals surface area contributed by atoms with Gasteiger partial charge in [-0.15, -0.1) is 0 Å². The van der Waals surface area contributed by atoms with Gasteiger partial charge in [-0.1, -0.05) is 50.1 Å². The monoisotopic (exact) mass is 174 g/mol. The normalized spacial score (nSPS) is 27.8. The van der Waals surface area contributed by atoms with Gasteiger partial charge >= 0.3 is 0 Å². The Hall–Kier alpha value is -0.780. The van der Waals surface area contributed by atoms with E-state index in [1.165, 1.54) is 25.7 Å². The molecule has 0 bridgehead atoms. The van der Waals surface area contributed by atoms with E-state index in [4.69, 9.17) is 0 Å². The molecular formula is C13H18. The van der Waals surface area contributed by atoms with Gasteiger partial charge in [0, 0.05) is 0 Å². The molecule has 2 atom stereocenters. The third-order valence-corrected chi connectivity index (χ3v) is 3.41. The molecule has 70 valence electrons. The average Bonchev–Trinajstić information content (AvgIpc) is 2.67. The topological polar surface area (TPSA) is 0 Å². The lowest BCUT2D eigenvalue weighted by atomic mass is 9.87. The van der Waals surface area contributed by atoms with E-state index < -0.39 is 0 Å². The van der Waals surface area contributed by atoms with Crippen LogP contribution in [-0.4, -0.2) is 0 Å². The Bertz CT molecular complexity index is 250. The van der Waals surface area contributed by atoms with Crippen molar-refractivity contribution in [2.45, 2.75) is 38.5 Å². The quantitative estimate of drug-likeness (QED) is 0.636. The van der Waals surface area contributed by atoms with E-state index in [1.807, 2.05) is 0 Å². The highest BCUT2D eigenvalue weighted by Crippen LogP contribution is 2.40. The first-order valence-electron chi connectivity index (χ1n) is 5.46. The van der Waals surface area contributed by atoms with E-state index in [9.17, 15) is 0 Å². The molecule has 1 fully saturated rings. The number of hydrogen-bond donors (Lipinski definition) is 0. The fraction of sp³-hybridized carbons (Fsp3) is 0.538. The van der Waals surface area contributed by atoms with Crippen molar-refractivity contribution in [3.8, 4) is 0 Å². The average molecular weight is 174 g/mol. The molecule has 0 radical (unpaired) electrons. The van der Waals surface area contributed by atoms with Gasteiger partial charge in [0.2, 0.25) is 0 Å². The van der Waals surface area contributed by atoms with Crippen LogP contribution in [0.15, 0.2) is 30.3 Å². The summed E-state index contributed by atoms with van der Waals surface area (Å²) in [5.74, 6) is 1.80. The molecule has 1 aromatic rings. The molecule has 1 aromatic carbocycles. The smallest absolute Gasteiger partial charge is 0.0134 e. The van der Waals surface area contributed by atoms with E-state index in [0.717, 1.165) is 11.8 Å². The summed E-state index contributed by atoms with van der Waals surface area (Å²) in [4.78, 5) is 0. The molecule has 13 heavy (non-hydrogen) atoms. The van der Waals surface area contributed by atoms with Gasteiger partial charge in [-0.2, -0.15) is 0 Å². The Morgan fingerprint density at radius 1 is 1.15 bits per heavy atom. The number of benzene rings is 1. The van der Waals surface area contributed by atoms with Gasteiger partial charge in [0.25, 0.3) is 0 Å². The van der Waals surface area contributed by atoms with Crippen LogP contribution >= 0.6 is 0 Å². The molecule has 0 amide bonds. The standard InChI is InChI=1S/C13H18/c1-2-11-9-6-10-13(11)12-7-4-3-5-8-12/h3-5,7-8,11,13H,2,6,9-10H2,1H3. The zero-order chi connectivity index (χ0) is 9.10. The molecule has 2 rings (SSSR count). The van der Waals surface area contributed by atoms with Crippen LogP contribution in [0.1, 0.15) is 44.1 Å². The summed E-state index contributed by atoms with van der Waals surface area (Å²) in [7, 11) is 0. The van der Waals surface area contributed by atoms with Crippen molar-refractivity contribution >= 4 is 0 Å². The molecule has 1 saturated carbocycles. The van der Waals surface area contributed by atoms with Crippen LogP contribution in [0.25, 0.3) is 0 Å². The Morgan fingerprint density at radius 3 is 2.62 bits per heavy atom. The van der Waals surface area contributed by atoms with Crippen molar-refractivity contribution in [1.82, 2.24) is 0 Å². The summed E-state index contributed by atoms with van der Waals surface area (Å²) in [6, 6.07) is 11.0. The Morgan fingerprint density at radius 2 is 1.92 bits per heavy atom. The molecule has 0 saturated heterocycles. The van der Waals surface area contributed by atoms with E-state index in [-0.39, 0.29) is 0 Å². The summed E-state index contributed by atoms with van der Waals surface area (Å²) in [6.07, 6.45) is 5.62. The predicted molar refractivity (Wildman–Crippen MR) is 56.8 cm³/mol. The van der Waals surface area contributed by atoms with Gasteiger partial charge < -0.3 is 0 Å². The molecular weight excluding hydrogens is 156 g/mol. The molecule has 0 heteroatoms. The lowest BCUT2D eigenvalue weighted by molar-refractivity contribution is 0.470. The third kappa shape index (κ3) is 1.77. The Labute approximate surface area is 81.0 Å². The second kappa shape index (κ2) is 3.95. The fourth-order valence-corrected chi connectivity index (χ4v) is 2.66. The van der Waals surface area contributed by atoms with Gasteiger partial charge in [-0.05, 0) is 30.2 Å². The van der Waals surface area contributed by atoms with E-state index in [2.05, 4.69) is 37.3 Å². The third-order valence-electron chi connectivity index (χ3n) is 3.41. The van der Waals surface area contributed by atoms with Crippen LogP contribution in [0.2, 0.25) is 0 Å². The molecule has 1 aliphatic carbocycles. The molecule has 0 heterocycles. The lowest BCUT2D eigenvalue weighted by Gasteiger charge is -2.17. The maximum atomic E-state index is 2.33. The van der Waals surface area contributed by atoms with E-state index in [0.29, 0.717) is 0 Å². The molecule has 0 N–H and O–H groups in total. The van der Waals surface area contributed by atoms with E-state index >= 15 is 0 Å². The van der Waals surface area contributed by atoms with Crippen LogP contribution in [0.3, 0.4) is 0 Å². The predicted octanol–water partition coefficient (Wildman–Crippen LogP) is 3.98. The maximum absolute atomic E-state index is 2.33. The van der Waals surface area contributed by atoms with Crippen molar-refractivity contribution in [3.05, 3.63) is 35.9 Å². The van der Waals surface area contributed by atoms with Crippen molar-refractivity contribution in [2.24, 2.45) is 5.92 Å². The first-order valence-corrected chi connectivity index (χ1v) is 5.46. The van der Waals surface area contributed by atoms with Crippen molar-refractivity contribution in [3.63, 3.8) is 0 Å². The van der Waals surface area contributed by atoms with Crippen molar-refractivity contribution in [1.29, 1.82) is 0 Å². The van der Waals surface area contributed by atoms with Crippen LogP contribution in [0.5, 0.6) is 0 Å². The molecule has 0 nitrogen and oxygen atoms in total. The number of hydrogen-bond acceptors (Lipinski definition) is 0. The summed E-state index contributed by atoms with van der Waals surface area (Å²) in [5.41, 5.74) is 1.56. The SMILES string of the molecule is CCC1CCCC1c1ccccc1. The van der Waals surface area contributed by atoms with E-state index in [1.54, 1.807) is 5.56 Å². The second-order valence-corrected chi connectivity index (χ2v) is 4.12. The minimum atomic E-state index is 0.853. The summed E-state index contributed by atoms with van der Waals surface area (Å²) >= 11 is 0. The minimum absolute atomic E-state index is 0.853. The first kappa shape index (κ1) is 8.80. The second-order valence-electron chi connectivity index (χ2n) is 4.12. The fourth-order valence-electron chi connectivity index (χ4n) is 2.66. The van der Waals surface area contributed by atoms with Gasteiger partial charge in [-0.25, -0.2) is 0 Å².